The Morgan fingerprint density at radius 1 is 1.12 bits per heavy atom. The van der Waals surface area contributed by atoms with E-state index in [1.54, 1.807) is 0 Å². The van der Waals surface area contributed by atoms with E-state index in [0.717, 1.165) is 32.0 Å². The predicted octanol–water partition coefficient (Wildman–Crippen LogP) is 3.39. The molecule has 146 valence electrons. The highest BCUT2D eigenvalue weighted by atomic mass is 35.5. The molecule has 4 nitrogen and oxygen atoms in total. The summed E-state index contributed by atoms with van der Waals surface area (Å²) in [5, 5.41) is 6.80. The van der Waals surface area contributed by atoms with Crippen LogP contribution < -0.4 is 15.5 Å². The highest BCUT2D eigenvalue weighted by Crippen LogP contribution is 2.33. The van der Waals surface area contributed by atoms with Gasteiger partial charge in [0.1, 0.15) is 0 Å². The Balaban J connectivity index is 0.00000121. The standard InChI is InChI=1S/C20H29N3O.2ClH/c24-20(19-12-16-6-4-5-9-18(16)22-19)21-13-15-10-11-23(14-15)17-7-2-1-3-8-17;;/h1-3,7-8,15-16,18-19,22H,4-6,9-14H2,(H,21,24);2*1H. The number of halogens is 2. The highest BCUT2D eigenvalue weighted by molar-refractivity contribution is 5.85. The molecule has 4 rings (SSSR count). The van der Waals surface area contributed by atoms with Crippen LogP contribution in [0, 0.1) is 11.8 Å². The maximum atomic E-state index is 12.5. The summed E-state index contributed by atoms with van der Waals surface area (Å²) in [7, 11) is 0. The molecule has 0 bridgehead atoms. The summed E-state index contributed by atoms with van der Waals surface area (Å²) < 4.78 is 0. The van der Waals surface area contributed by atoms with Crippen molar-refractivity contribution in [1.29, 1.82) is 0 Å². The Bertz CT molecular complexity index is 557. The van der Waals surface area contributed by atoms with Gasteiger partial charge in [-0.2, -0.15) is 0 Å². The van der Waals surface area contributed by atoms with E-state index < -0.39 is 0 Å². The zero-order valence-electron chi connectivity index (χ0n) is 15.2. The number of hydrogen-bond acceptors (Lipinski definition) is 3. The lowest BCUT2D eigenvalue weighted by atomic mass is 9.85. The van der Waals surface area contributed by atoms with Gasteiger partial charge in [0.25, 0.3) is 0 Å². The monoisotopic (exact) mass is 399 g/mol. The van der Waals surface area contributed by atoms with Crippen LogP contribution >= 0.6 is 24.8 Å². The van der Waals surface area contributed by atoms with E-state index in [9.17, 15) is 4.79 Å². The first kappa shape index (κ1) is 21.3. The summed E-state index contributed by atoms with van der Waals surface area (Å²) in [6.07, 6.45) is 7.42. The topological polar surface area (TPSA) is 44.4 Å². The predicted molar refractivity (Wildman–Crippen MR) is 112 cm³/mol. The van der Waals surface area contributed by atoms with Gasteiger partial charge in [0, 0.05) is 31.4 Å². The number of carbonyl (C=O) groups is 1. The molecule has 1 aliphatic carbocycles. The van der Waals surface area contributed by atoms with Crippen molar-refractivity contribution in [3.05, 3.63) is 30.3 Å². The number of carbonyl (C=O) groups excluding carboxylic acids is 1. The number of amides is 1. The second-order valence-electron chi connectivity index (χ2n) is 7.79. The van der Waals surface area contributed by atoms with Crippen LogP contribution in [-0.2, 0) is 4.79 Å². The molecule has 0 radical (unpaired) electrons. The van der Waals surface area contributed by atoms with Crippen molar-refractivity contribution in [2.45, 2.75) is 50.6 Å². The zero-order valence-corrected chi connectivity index (χ0v) is 16.9. The van der Waals surface area contributed by atoms with E-state index in [4.69, 9.17) is 0 Å². The van der Waals surface area contributed by atoms with E-state index in [1.807, 2.05) is 0 Å². The molecule has 1 amide bonds. The van der Waals surface area contributed by atoms with Crippen LogP contribution in [0.2, 0.25) is 0 Å². The van der Waals surface area contributed by atoms with Crippen molar-refractivity contribution in [3.8, 4) is 0 Å². The first-order valence-corrected chi connectivity index (χ1v) is 9.63. The molecule has 1 aromatic rings. The third-order valence-electron chi connectivity index (χ3n) is 6.15. The summed E-state index contributed by atoms with van der Waals surface area (Å²) in [6.45, 7) is 2.96. The minimum atomic E-state index is 0. The zero-order chi connectivity index (χ0) is 16.4. The SMILES string of the molecule is Cl.Cl.O=C(NCC1CCN(c2ccccc2)C1)C1CC2CCCCC2N1. The maximum Gasteiger partial charge on any atom is 0.237 e. The average molecular weight is 400 g/mol. The lowest BCUT2D eigenvalue weighted by Crippen LogP contribution is -2.44. The lowest BCUT2D eigenvalue weighted by Gasteiger charge is -2.24. The van der Waals surface area contributed by atoms with Gasteiger partial charge in [-0.1, -0.05) is 31.0 Å². The van der Waals surface area contributed by atoms with Gasteiger partial charge in [0.05, 0.1) is 6.04 Å². The summed E-state index contributed by atoms with van der Waals surface area (Å²) >= 11 is 0. The summed E-state index contributed by atoms with van der Waals surface area (Å²) in [5.74, 6) is 1.52. The first-order valence-electron chi connectivity index (χ1n) is 9.63. The Morgan fingerprint density at radius 3 is 2.65 bits per heavy atom. The van der Waals surface area contributed by atoms with Gasteiger partial charge < -0.3 is 15.5 Å². The molecule has 3 aliphatic rings. The van der Waals surface area contributed by atoms with Crippen LogP contribution in [0.3, 0.4) is 0 Å². The van der Waals surface area contributed by atoms with Crippen molar-refractivity contribution in [2.75, 3.05) is 24.5 Å². The van der Waals surface area contributed by atoms with Gasteiger partial charge in [-0.15, -0.1) is 24.8 Å². The summed E-state index contributed by atoms with van der Waals surface area (Å²) in [4.78, 5) is 14.9. The Hall–Kier alpha value is -0.970. The molecule has 1 saturated carbocycles. The molecule has 0 aromatic heterocycles. The van der Waals surface area contributed by atoms with Crippen LogP contribution in [0.25, 0.3) is 0 Å². The van der Waals surface area contributed by atoms with Crippen LogP contribution in [0.4, 0.5) is 5.69 Å². The minimum absolute atomic E-state index is 0. The molecule has 0 spiro atoms. The second-order valence-corrected chi connectivity index (χ2v) is 7.79. The Kier molecular flexibility index (Phi) is 8.05. The molecule has 6 heteroatoms. The van der Waals surface area contributed by atoms with Crippen molar-refractivity contribution in [1.82, 2.24) is 10.6 Å². The van der Waals surface area contributed by atoms with Gasteiger partial charge in [-0.3, -0.25) is 4.79 Å². The molecule has 2 N–H and O–H groups in total. The van der Waals surface area contributed by atoms with Crippen LogP contribution in [0.15, 0.2) is 30.3 Å². The number of para-hydroxylation sites is 1. The van der Waals surface area contributed by atoms with Gasteiger partial charge in [-0.05, 0) is 49.7 Å². The van der Waals surface area contributed by atoms with Crippen molar-refractivity contribution >= 4 is 36.4 Å². The molecule has 1 aromatic carbocycles. The Labute approximate surface area is 169 Å². The fraction of sp³-hybridized carbons (Fsp3) is 0.650. The molecular weight excluding hydrogens is 369 g/mol. The molecule has 2 heterocycles. The maximum absolute atomic E-state index is 12.5. The normalized spacial score (nSPS) is 30.1. The molecular formula is C20H31Cl2N3O. The van der Waals surface area contributed by atoms with Gasteiger partial charge >= 0.3 is 0 Å². The van der Waals surface area contributed by atoms with Crippen LogP contribution in [-0.4, -0.2) is 37.6 Å². The van der Waals surface area contributed by atoms with Crippen molar-refractivity contribution < 1.29 is 4.79 Å². The largest absolute Gasteiger partial charge is 0.371 e. The molecule has 2 aliphatic heterocycles. The number of benzene rings is 1. The van der Waals surface area contributed by atoms with Crippen LogP contribution in [0.5, 0.6) is 0 Å². The van der Waals surface area contributed by atoms with E-state index >= 15 is 0 Å². The number of nitrogens with zero attached hydrogens (tertiary/aromatic N) is 1. The first-order chi connectivity index (χ1) is 11.8. The van der Waals surface area contributed by atoms with Crippen LogP contribution in [0.1, 0.15) is 38.5 Å². The summed E-state index contributed by atoms with van der Waals surface area (Å²) in [5.41, 5.74) is 1.30. The van der Waals surface area contributed by atoms with E-state index in [-0.39, 0.29) is 36.8 Å². The number of nitrogens with one attached hydrogen (secondary N) is 2. The highest BCUT2D eigenvalue weighted by Gasteiger charge is 2.38. The number of anilines is 1. The number of rotatable bonds is 4. The molecule has 3 fully saturated rings. The van der Waals surface area contributed by atoms with E-state index in [1.165, 1.54) is 37.8 Å². The quantitative estimate of drug-likeness (QED) is 0.815. The molecule has 26 heavy (non-hydrogen) atoms. The number of fused-ring (bicyclic) bond motifs is 1. The number of hydrogen-bond donors (Lipinski definition) is 2. The third-order valence-corrected chi connectivity index (χ3v) is 6.15. The van der Waals surface area contributed by atoms with Gasteiger partial charge in [0.15, 0.2) is 0 Å². The Morgan fingerprint density at radius 2 is 1.88 bits per heavy atom. The molecule has 2 saturated heterocycles. The van der Waals surface area contributed by atoms with Crippen molar-refractivity contribution in [3.63, 3.8) is 0 Å². The molecule has 4 atom stereocenters. The lowest BCUT2D eigenvalue weighted by molar-refractivity contribution is -0.123. The molecule has 4 unspecified atom stereocenters. The fourth-order valence-corrected chi connectivity index (χ4v) is 4.76. The van der Waals surface area contributed by atoms with Crippen molar-refractivity contribution in [2.24, 2.45) is 11.8 Å². The second kappa shape index (κ2) is 9.82. The minimum Gasteiger partial charge on any atom is -0.371 e. The van der Waals surface area contributed by atoms with Gasteiger partial charge in [-0.25, -0.2) is 0 Å². The average Bonchev–Trinajstić information content (AvgIpc) is 3.27. The van der Waals surface area contributed by atoms with Gasteiger partial charge in [0.2, 0.25) is 5.91 Å². The third kappa shape index (κ3) is 4.85. The van der Waals surface area contributed by atoms with E-state index in [2.05, 4.69) is 45.9 Å². The smallest absolute Gasteiger partial charge is 0.237 e. The van der Waals surface area contributed by atoms with E-state index in [0.29, 0.717) is 12.0 Å². The fourth-order valence-electron chi connectivity index (χ4n) is 4.76. The summed E-state index contributed by atoms with van der Waals surface area (Å²) in [6, 6.07) is 11.2.